The highest BCUT2D eigenvalue weighted by molar-refractivity contribution is 7.89. The second-order valence-electron chi connectivity index (χ2n) is 5.34. The Balaban J connectivity index is 1.70. The first-order valence-electron chi connectivity index (χ1n) is 7.46. The van der Waals surface area contributed by atoms with Gasteiger partial charge in [0.15, 0.2) is 0 Å². The number of nitrogens with one attached hydrogen (secondary N) is 1. The summed E-state index contributed by atoms with van der Waals surface area (Å²) in [4.78, 5) is 0.0217. The molecular formula is C15H18ClN3O4S. The molecule has 1 aromatic carbocycles. The minimum atomic E-state index is -3.73. The predicted octanol–water partition coefficient (Wildman–Crippen LogP) is 1.60. The molecular weight excluding hydrogens is 354 g/mol. The quantitative estimate of drug-likeness (QED) is 0.833. The molecule has 1 aromatic heterocycles. The van der Waals surface area contributed by atoms with Gasteiger partial charge in [-0.3, -0.25) is 4.68 Å². The molecule has 3 rings (SSSR count). The number of sulfonamides is 1. The van der Waals surface area contributed by atoms with E-state index in [9.17, 15) is 8.42 Å². The molecule has 0 saturated heterocycles. The van der Waals surface area contributed by atoms with Crippen LogP contribution in [0.2, 0.25) is 5.02 Å². The molecule has 9 heteroatoms. The molecule has 2 aromatic rings. The van der Waals surface area contributed by atoms with Gasteiger partial charge in [-0.1, -0.05) is 11.6 Å². The van der Waals surface area contributed by atoms with Crippen molar-refractivity contribution >= 4 is 21.6 Å². The van der Waals surface area contributed by atoms with E-state index in [0.717, 1.165) is 17.7 Å². The molecule has 1 N–H and O–H groups in total. The monoisotopic (exact) mass is 371 g/mol. The van der Waals surface area contributed by atoms with E-state index >= 15 is 0 Å². The number of aromatic nitrogens is 2. The summed E-state index contributed by atoms with van der Waals surface area (Å²) >= 11 is 5.90. The van der Waals surface area contributed by atoms with Crippen LogP contribution in [0.4, 0.5) is 0 Å². The number of benzene rings is 1. The first-order valence-corrected chi connectivity index (χ1v) is 9.32. The third-order valence-corrected chi connectivity index (χ3v) is 5.52. The summed E-state index contributed by atoms with van der Waals surface area (Å²) in [5, 5.41) is 4.62. The van der Waals surface area contributed by atoms with Crippen LogP contribution in [0.15, 0.2) is 29.3 Å². The summed E-state index contributed by atoms with van der Waals surface area (Å²) in [5.74, 6) is 0.250. The van der Waals surface area contributed by atoms with Gasteiger partial charge >= 0.3 is 0 Å². The van der Waals surface area contributed by atoms with Crippen molar-refractivity contribution in [3.8, 4) is 5.75 Å². The average Bonchev–Trinajstić information content (AvgIpc) is 2.98. The van der Waals surface area contributed by atoms with Gasteiger partial charge in [-0.25, -0.2) is 13.1 Å². The number of hydrogen-bond acceptors (Lipinski definition) is 5. The summed E-state index contributed by atoms with van der Waals surface area (Å²) in [5.41, 5.74) is 2.15. The van der Waals surface area contributed by atoms with Crippen molar-refractivity contribution in [2.45, 2.75) is 24.5 Å². The Hall–Kier alpha value is -1.61. The largest absolute Gasteiger partial charge is 0.495 e. The maximum absolute atomic E-state index is 12.5. The van der Waals surface area contributed by atoms with Gasteiger partial charge in [0.05, 0.1) is 33.1 Å². The third kappa shape index (κ3) is 3.56. The van der Waals surface area contributed by atoms with Crippen LogP contribution in [0.1, 0.15) is 11.3 Å². The molecule has 0 unspecified atom stereocenters. The molecule has 24 heavy (non-hydrogen) atoms. The Morgan fingerprint density at radius 2 is 2.29 bits per heavy atom. The number of halogens is 1. The molecule has 2 heterocycles. The van der Waals surface area contributed by atoms with Gasteiger partial charge in [-0.05, 0) is 18.2 Å². The number of methoxy groups -OCH3 is 1. The maximum atomic E-state index is 12.5. The van der Waals surface area contributed by atoms with Crippen molar-refractivity contribution < 1.29 is 17.9 Å². The van der Waals surface area contributed by atoms with Crippen LogP contribution in [0, 0.1) is 0 Å². The van der Waals surface area contributed by atoms with Crippen LogP contribution in [-0.2, 0) is 34.3 Å². The predicted molar refractivity (Wildman–Crippen MR) is 88.8 cm³/mol. The third-order valence-electron chi connectivity index (χ3n) is 3.81. The first-order chi connectivity index (χ1) is 11.5. The number of nitrogens with zero attached hydrogens (tertiary/aromatic N) is 2. The Bertz CT molecular complexity index is 835. The second-order valence-corrected chi connectivity index (χ2v) is 7.51. The SMILES string of the molecule is COc1ccc(Cl)cc1S(=O)(=O)NCCn1ncc2c1CCOC2. The maximum Gasteiger partial charge on any atom is 0.244 e. The highest BCUT2D eigenvalue weighted by Gasteiger charge is 2.20. The number of rotatable bonds is 6. The molecule has 1 aliphatic heterocycles. The molecule has 7 nitrogen and oxygen atoms in total. The smallest absolute Gasteiger partial charge is 0.244 e. The standard InChI is InChI=1S/C15H18ClN3O4S/c1-22-14-3-2-12(16)8-15(14)24(20,21)18-5-6-19-13-4-7-23-10-11(13)9-17-19/h2-3,8-9,18H,4-7,10H2,1H3. The Morgan fingerprint density at radius 1 is 1.46 bits per heavy atom. The van der Waals surface area contributed by atoms with Crippen molar-refractivity contribution in [2.24, 2.45) is 0 Å². The number of hydrogen-bond donors (Lipinski definition) is 1. The van der Waals surface area contributed by atoms with Gasteiger partial charge < -0.3 is 9.47 Å². The molecule has 0 bridgehead atoms. The van der Waals surface area contributed by atoms with Crippen molar-refractivity contribution in [3.63, 3.8) is 0 Å². The molecule has 0 atom stereocenters. The summed E-state index contributed by atoms with van der Waals surface area (Å²) in [7, 11) is -2.31. The van der Waals surface area contributed by atoms with E-state index < -0.39 is 10.0 Å². The van der Waals surface area contributed by atoms with Crippen LogP contribution in [-0.4, -0.2) is 38.5 Å². The van der Waals surface area contributed by atoms with E-state index in [1.54, 1.807) is 12.3 Å². The van der Waals surface area contributed by atoms with Crippen LogP contribution < -0.4 is 9.46 Å². The van der Waals surface area contributed by atoms with E-state index in [2.05, 4.69) is 9.82 Å². The number of ether oxygens (including phenoxy) is 2. The van der Waals surface area contributed by atoms with Gasteiger partial charge in [-0.2, -0.15) is 5.10 Å². The van der Waals surface area contributed by atoms with Gasteiger partial charge in [0.2, 0.25) is 10.0 Å². The van der Waals surface area contributed by atoms with Crippen LogP contribution in [0.5, 0.6) is 5.75 Å². The molecule has 0 radical (unpaired) electrons. The lowest BCUT2D eigenvalue weighted by Gasteiger charge is -2.15. The fourth-order valence-corrected chi connectivity index (χ4v) is 4.08. The van der Waals surface area contributed by atoms with Crippen molar-refractivity contribution in [3.05, 3.63) is 40.7 Å². The number of fused-ring (bicyclic) bond motifs is 1. The van der Waals surface area contributed by atoms with E-state index in [1.165, 1.54) is 19.2 Å². The highest BCUT2D eigenvalue weighted by Crippen LogP contribution is 2.26. The normalized spacial score (nSPS) is 14.4. The van der Waals surface area contributed by atoms with Gasteiger partial charge in [0, 0.05) is 29.2 Å². The summed E-state index contributed by atoms with van der Waals surface area (Å²) in [6.45, 7) is 1.87. The average molecular weight is 372 g/mol. The van der Waals surface area contributed by atoms with Crippen LogP contribution in [0.3, 0.4) is 0 Å². The fraction of sp³-hybridized carbons (Fsp3) is 0.400. The molecule has 130 valence electrons. The first kappa shape index (κ1) is 17.2. The zero-order valence-corrected chi connectivity index (χ0v) is 14.7. The van der Waals surface area contributed by atoms with E-state index in [1.807, 2.05) is 4.68 Å². The second kappa shape index (κ2) is 7.10. The minimum Gasteiger partial charge on any atom is -0.495 e. The Labute approximate surface area is 145 Å². The molecule has 0 saturated carbocycles. The van der Waals surface area contributed by atoms with Gasteiger partial charge in [0.25, 0.3) is 0 Å². The lowest BCUT2D eigenvalue weighted by molar-refractivity contribution is 0.109. The van der Waals surface area contributed by atoms with E-state index in [4.69, 9.17) is 21.1 Å². The molecule has 0 spiro atoms. The molecule has 1 aliphatic rings. The summed E-state index contributed by atoms with van der Waals surface area (Å²) in [6.07, 6.45) is 2.55. The zero-order chi connectivity index (χ0) is 17.2. The lowest BCUT2D eigenvalue weighted by atomic mass is 10.2. The molecule has 0 amide bonds. The molecule has 0 aliphatic carbocycles. The summed E-state index contributed by atoms with van der Waals surface area (Å²) < 4.78 is 39.8. The van der Waals surface area contributed by atoms with Crippen LogP contribution in [0.25, 0.3) is 0 Å². The Kier molecular flexibility index (Phi) is 5.09. The zero-order valence-electron chi connectivity index (χ0n) is 13.2. The Morgan fingerprint density at radius 3 is 3.08 bits per heavy atom. The topological polar surface area (TPSA) is 82.5 Å². The lowest BCUT2D eigenvalue weighted by Crippen LogP contribution is -2.29. The molecule has 0 fully saturated rings. The fourth-order valence-electron chi connectivity index (χ4n) is 2.63. The van der Waals surface area contributed by atoms with Crippen LogP contribution >= 0.6 is 11.6 Å². The van der Waals surface area contributed by atoms with E-state index in [0.29, 0.717) is 24.8 Å². The van der Waals surface area contributed by atoms with Crippen molar-refractivity contribution in [1.29, 1.82) is 0 Å². The summed E-state index contributed by atoms with van der Waals surface area (Å²) in [6, 6.07) is 4.48. The van der Waals surface area contributed by atoms with Crippen molar-refractivity contribution in [2.75, 3.05) is 20.3 Å². The van der Waals surface area contributed by atoms with E-state index in [-0.39, 0.29) is 17.2 Å². The highest BCUT2D eigenvalue weighted by atomic mass is 35.5. The van der Waals surface area contributed by atoms with Gasteiger partial charge in [-0.15, -0.1) is 0 Å². The van der Waals surface area contributed by atoms with Gasteiger partial charge in [0.1, 0.15) is 10.6 Å². The van der Waals surface area contributed by atoms with Crippen molar-refractivity contribution in [1.82, 2.24) is 14.5 Å². The minimum absolute atomic E-state index is 0.0217.